The Kier molecular flexibility index (Phi) is 7.25. The van der Waals surface area contributed by atoms with E-state index in [0.717, 1.165) is 14.8 Å². The normalized spacial score (nSPS) is 11.1. The number of nitrogens with one attached hydrogen (secondary N) is 1. The first-order chi connectivity index (χ1) is 14.9. The Balaban J connectivity index is 2.00. The van der Waals surface area contributed by atoms with Gasteiger partial charge in [0.1, 0.15) is 12.3 Å². The number of aryl methyl sites for hydroxylation is 1. The van der Waals surface area contributed by atoms with E-state index in [1.165, 1.54) is 31.0 Å². The van der Waals surface area contributed by atoms with Crippen molar-refractivity contribution in [2.45, 2.75) is 16.7 Å². The summed E-state index contributed by atoms with van der Waals surface area (Å²) < 4.78 is 33.5. The highest BCUT2D eigenvalue weighted by atomic mass is 32.2. The second-order valence-electron chi connectivity index (χ2n) is 6.75. The molecule has 1 N–H and O–H groups in total. The molecule has 0 aromatic heterocycles. The lowest BCUT2D eigenvalue weighted by Gasteiger charge is -2.25. The van der Waals surface area contributed by atoms with E-state index in [1.807, 2.05) is 31.4 Å². The van der Waals surface area contributed by atoms with Gasteiger partial charge in [-0.15, -0.1) is 11.8 Å². The first-order valence-electron chi connectivity index (χ1n) is 9.52. The lowest BCUT2D eigenvalue weighted by molar-refractivity contribution is -0.114. The largest absolute Gasteiger partial charge is 0.495 e. The highest BCUT2D eigenvalue weighted by Gasteiger charge is 2.29. The van der Waals surface area contributed by atoms with Crippen LogP contribution in [0.15, 0.2) is 82.6 Å². The van der Waals surface area contributed by atoms with E-state index in [9.17, 15) is 13.2 Å². The molecule has 0 fully saturated rings. The summed E-state index contributed by atoms with van der Waals surface area (Å²) in [5, 5.41) is 2.83. The first-order valence-corrected chi connectivity index (χ1v) is 12.2. The standard InChI is InChI=1S/C23H24N2O4S2/c1-17-12-14-18(15-13-17)31(27,28)25(20-9-5-6-10-21(20)29-2)16-23(26)24-19-8-4-7-11-22(19)30-3/h4-15H,16H2,1-3H3,(H,24,26). The lowest BCUT2D eigenvalue weighted by atomic mass is 10.2. The average Bonchev–Trinajstić information content (AvgIpc) is 2.78. The summed E-state index contributed by atoms with van der Waals surface area (Å²) in [6.45, 7) is 1.48. The van der Waals surface area contributed by atoms with E-state index in [2.05, 4.69) is 5.32 Å². The third-order valence-corrected chi connectivity index (χ3v) is 7.20. The zero-order chi connectivity index (χ0) is 22.4. The number of carbonyl (C=O) groups excluding carboxylic acids is 1. The predicted octanol–water partition coefficient (Wildman–Crippen LogP) is 4.56. The van der Waals surface area contributed by atoms with Gasteiger partial charge in [0, 0.05) is 4.90 Å². The minimum absolute atomic E-state index is 0.0984. The quantitative estimate of drug-likeness (QED) is 0.503. The van der Waals surface area contributed by atoms with Crippen molar-refractivity contribution < 1.29 is 17.9 Å². The number of para-hydroxylation sites is 3. The van der Waals surface area contributed by atoms with Gasteiger partial charge in [-0.3, -0.25) is 9.10 Å². The molecule has 0 heterocycles. The van der Waals surface area contributed by atoms with E-state index < -0.39 is 22.5 Å². The van der Waals surface area contributed by atoms with Gasteiger partial charge in [0.25, 0.3) is 10.0 Å². The summed E-state index contributed by atoms with van der Waals surface area (Å²) in [5.74, 6) is -0.0985. The summed E-state index contributed by atoms with van der Waals surface area (Å²) >= 11 is 1.50. The van der Waals surface area contributed by atoms with Crippen molar-refractivity contribution in [2.75, 3.05) is 29.5 Å². The van der Waals surface area contributed by atoms with Crippen LogP contribution >= 0.6 is 11.8 Å². The molecule has 0 spiro atoms. The lowest BCUT2D eigenvalue weighted by Crippen LogP contribution is -2.38. The van der Waals surface area contributed by atoms with Crippen molar-refractivity contribution in [3.05, 3.63) is 78.4 Å². The molecule has 0 bridgehead atoms. The summed E-state index contributed by atoms with van der Waals surface area (Å²) in [6, 6.07) is 20.6. The van der Waals surface area contributed by atoms with Crippen molar-refractivity contribution in [1.82, 2.24) is 0 Å². The average molecular weight is 457 g/mol. The highest BCUT2D eigenvalue weighted by Crippen LogP contribution is 2.32. The van der Waals surface area contributed by atoms with Crippen LogP contribution < -0.4 is 14.4 Å². The van der Waals surface area contributed by atoms with Crippen LogP contribution in [-0.4, -0.2) is 34.2 Å². The Morgan fingerprint density at radius 3 is 2.32 bits per heavy atom. The first kappa shape index (κ1) is 22.7. The van der Waals surface area contributed by atoms with Crippen molar-refractivity contribution in [1.29, 1.82) is 0 Å². The van der Waals surface area contributed by atoms with Crippen LogP contribution in [0, 0.1) is 6.92 Å². The minimum Gasteiger partial charge on any atom is -0.495 e. The molecule has 0 saturated carbocycles. The number of sulfonamides is 1. The zero-order valence-electron chi connectivity index (χ0n) is 17.5. The molecule has 162 valence electrons. The number of methoxy groups -OCH3 is 1. The summed E-state index contributed by atoms with van der Waals surface area (Å²) in [5.41, 5.74) is 1.86. The topological polar surface area (TPSA) is 75.7 Å². The molecule has 1 amide bonds. The molecular formula is C23H24N2O4S2. The fourth-order valence-electron chi connectivity index (χ4n) is 3.04. The Morgan fingerprint density at radius 1 is 1.00 bits per heavy atom. The number of nitrogens with zero attached hydrogens (tertiary/aromatic N) is 1. The SMILES string of the molecule is COc1ccccc1N(CC(=O)Nc1ccccc1SC)S(=O)(=O)c1ccc(C)cc1. The number of ether oxygens (including phenoxy) is 1. The van der Waals surface area contributed by atoms with Crippen LogP contribution in [0.5, 0.6) is 5.75 Å². The van der Waals surface area contributed by atoms with Crippen LogP contribution in [0.2, 0.25) is 0 Å². The third-order valence-electron chi connectivity index (χ3n) is 4.63. The van der Waals surface area contributed by atoms with Gasteiger partial charge in [-0.1, -0.05) is 42.0 Å². The van der Waals surface area contributed by atoms with Crippen LogP contribution in [0.25, 0.3) is 0 Å². The van der Waals surface area contributed by atoms with Crippen LogP contribution in [0.4, 0.5) is 11.4 Å². The third kappa shape index (κ3) is 5.21. The number of amides is 1. The molecule has 3 rings (SSSR count). The van der Waals surface area contributed by atoms with Crippen molar-refractivity contribution in [3.8, 4) is 5.75 Å². The van der Waals surface area contributed by atoms with Gasteiger partial charge >= 0.3 is 0 Å². The number of anilines is 2. The number of hydrogen-bond acceptors (Lipinski definition) is 5. The molecule has 0 aliphatic heterocycles. The molecule has 6 nitrogen and oxygen atoms in total. The Bertz CT molecular complexity index is 1160. The smallest absolute Gasteiger partial charge is 0.264 e. The maximum atomic E-state index is 13.5. The van der Waals surface area contributed by atoms with Gasteiger partial charge in [0.05, 0.1) is 23.4 Å². The maximum Gasteiger partial charge on any atom is 0.264 e. The van der Waals surface area contributed by atoms with Crippen LogP contribution in [0.3, 0.4) is 0 Å². The minimum atomic E-state index is -4.02. The van der Waals surface area contributed by atoms with Gasteiger partial charge in [-0.25, -0.2) is 8.42 Å². The molecule has 8 heteroatoms. The fourth-order valence-corrected chi connectivity index (χ4v) is 5.03. The molecule has 0 aliphatic carbocycles. The maximum absolute atomic E-state index is 13.5. The van der Waals surface area contributed by atoms with Crippen molar-refractivity contribution in [2.24, 2.45) is 0 Å². The van der Waals surface area contributed by atoms with Gasteiger partial charge in [-0.05, 0) is 49.6 Å². The predicted molar refractivity (Wildman–Crippen MR) is 126 cm³/mol. The van der Waals surface area contributed by atoms with Crippen molar-refractivity contribution >= 4 is 39.1 Å². The molecule has 3 aromatic carbocycles. The summed E-state index contributed by atoms with van der Waals surface area (Å²) in [4.78, 5) is 13.9. The number of hydrogen-bond donors (Lipinski definition) is 1. The van der Waals surface area contributed by atoms with E-state index in [4.69, 9.17) is 4.74 Å². The number of carbonyl (C=O) groups is 1. The highest BCUT2D eigenvalue weighted by molar-refractivity contribution is 7.98. The van der Waals surface area contributed by atoms with Crippen LogP contribution in [-0.2, 0) is 14.8 Å². The number of benzene rings is 3. The zero-order valence-corrected chi connectivity index (χ0v) is 19.2. The fraction of sp³-hybridized carbons (Fsp3) is 0.174. The molecule has 0 radical (unpaired) electrons. The van der Waals surface area contributed by atoms with Gasteiger partial charge in [0.2, 0.25) is 5.91 Å². The van der Waals surface area contributed by atoms with Crippen LogP contribution in [0.1, 0.15) is 5.56 Å². The molecule has 0 aliphatic rings. The molecule has 3 aromatic rings. The second kappa shape index (κ2) is 9.89. The number of rotatable bonds is 8. The Labute approximate surface area is 187 Å². The van der Waals surface area contributed by atoms with Crippen molar-refractivity contribution in [3.63, 3.8) is 0 Å². The summed E-state index contributed by atoms with van der Waals surface area (Å²) in [6.07, 6.45) is 1.91. The summed E-state index contributed by atoms with van der Waals surface area (Å²) in [7, 11) is -2.56. The molecule has 0 saturated heterocycles. The van der Waals surface area contributed by atoms with Gasteiger partial charge in [-0.2, -0.15) is 0 Å². The van der Waals surface area contributed by atoms with E-state index in [1.54, 1.807) is 42.5 Å². The van der Waals surface area contributed by atoms with E-state index >= 15 is 0 Å². The molecular weight excluding hydrogens is 432 g/mol. The molecule has 31 heavy (non-hydrogen) atoms. The van der Waals surface area contributed by atoms with Gasteiger partial charge < -0.3 is 10.1 Å². The van der Waals surface area contributed by atoms with Gasteiger partial charge in [0.15, 0.2) is 0 Å². The second-order valence-corrected chi connectivity index (χ2v) is 9.46. The molecule has 0 unspecified atom stereocenters. The Hall–Kier alpha value is -2.97. The monoisotopic (exact) mass is 456 g/mol. The molecule has 0 atom stereocenters. The van der Waals surface area contributed by atoms with E-state index in [0.29, 0.717) is 17.1 Å². The Morgan fingerprint density at radius 2 is 1.65 bits per heavy atom. The number of thioether (sulfide) groups is 1. The van der Waals surface area contributed by atoms with E-state index in [-0.39, 0.29) is 4.90 Å².